The summed E-state index contributed by atoms with van der Waals surface area (Å²) in [5.74, 6) is 0.328. The zero-order valence-corrected chi connectivity index (χ0v) is 11.3. The lowest BCUT2D eigenvalue weighted by atomic mass is 10.3. The van der Waals surface area contributed by atoms with Crippen molar-refractivity contribution in [1.29, 1.82) is 0 Å². The third kappa shape index (κ3) is 2.39. The van der Waals surface area contributed by atoms with E-state index in [4.69, 9.17) is 0 Å². The maximum Gasteiger partial charge on any atom is 0.276 e. The molecule has 102 valence electrons. The Hall–Kier alpha value is -2.28. The Morgan fingerprint density at radius 3 is 2.90 bits per heavy atom. The molecule has 0 unspecified atom stereocenters. The van der Waals surface area contributed by atoms with Crippen LogP contribution in [0, 0.1) is 0 Å². The van der Waals surface area contributed by atoms with Gasteiger partial charge in [-0.15, -0.1) is 0 Å². The van der Waals surface area contributed by atoms with Crippen LogP contribution in [0.25, 0.3) is 0 Å². The van der Waals surface area contributed by atoms with Crippen LogP contribution >= 0.6 is 11.8 Å². The van der Waals surface area contributed by atoms with Crippen LogP contribution in [0.1, 0.15) is 10.4 Å². The minimum Gasteiger partial charge on any atom is -0.298 e. The molecule has 3 rings (SSSR count). The molecule has 1 aromatic carbocycles. The third-order valence-electron chi connectivity index (χ3n) is 2.90. The van der Waals surface area contributed by atoms with Crippen LogP contribution in [0.15, 0.2) is 46.5 Å². The van der Waals surface area contributed by atoms with E-state index in [9.17, 15) is 9.59 Å². The number of amides is 1. The largest absolute Gasteiger partial charge is 0.298 e. The minimum atomic E-state index is -0.487. The molecule has 2 N–H and O–H groups in total. The lowest BCUT2D eigenvalue weighted by molar-refractivity contribution is 0.0960. The van der Waals surface area contributed by atoms with E-state index in [1.54, 1.807) is 0 Å². The van der Waals surface area contributed by atoms with Crippen molar-refractivity contribution in [2.45, 2.75) is 11.7 Å². The van der Waals surface area contributed by atoms with Gasteiger partial charge in [0.05, 0.1) is 5.69 Å². The number of hydrazine groups is 1. The van der Waals surface area contributed by atoms with Gasteiger partial charge in [-0.2, -0.15) is 0 Å². The maximum absolute atomic E-state index is 12.1. The predicted molar refractivity (Wildman–Crippen MR) is 76.8 cm³/mol. The molecule has 0 atom stereocenters. The SMILES string of the molecule is O=C(NNc1ccccc1)c1cnc2n(c1=O)CCS2. The van der Waals surface area contributed by atoms with Crippen LogP contribution in [0.2, 0.25) is 0 Å². The molecule has 2 aromatic rings. The first-order chi connectivity index (χ1) is 9.75. The van der Waals surface area contributed by atoms with Gasteiger partial charge in [-0.3, -0.25) is 25.0 Å². The molecule has 1 aliphatic heterocycles. The minimum absolute atomic E-state index is 0.0414. The van der Waals surface area contributed by atoms with Gasteiger partial charge in [-0.1, -0.05) is 30.0 Å². The molecule has 7 heteroatoms. The zero-order valence-electron chi connectivity index (χ0n) is 10.5. The number of carbonyl (C=O) groups is 1. The van der Waals surface area contributed by atoms with E-state index >= 15 is 0 Å². The molecule has 0 saturated carbocycles. The van der Waals surface area contributed by atoms with Gasteiger partial charge in [0.1, 0.15) is 5.56 Å². The quantitative estimate of drug-likeness (QED) is 0.653. The second-order valence-electron chi connectivity index (χ2n) is 4.20. The van der Waals surface area contributed by atoms with Gasteiger partial charge in [0.25, 0.3) is 11.5 Å². The average Bonchev–Trinajstić information content (AvgIpc) is 2.96. The standard InChI is InChI=1S/C13H12N4O2S/c18-11(16-15-9-4-2-1-3-5-9)10-8-14-13-17(12(10)19)6-7-20-13/h1-5,8,15H,6-7H2,(H,16,18). The number of anilines is 1. The van der Waals surface area contributed by atoms with Crippen molar-refractivity contribution in [3.05, 3.63) is 52.4 Å². The summed E-state index contributed by atoms with van der Waals surface area (Å²) in [6.45, 7) is 0.596. The summed E-state index contributed by atoms with van der Waals surface area (Å²) in [7, 11) is 0. The molecule has 0 saturated heterocycles. The highest BCUT2D eigenvalue weighted by molar-refractivity contribution is 7.99. The van der Waals surface area contributed by atoms with E-state index in [0.29, 0.717) is 11.7 Å². The molecule has 6 nitrogen and oxygen atoms in total. The second kappa shape index (κ2) is 5.38. The molecule has 0 fully saturated rings. The molecule has 1 aromatic heterocycles. The van der Waals surface area contributed by atoms with E-state index in [-0.39, 0.29) is 11.1 Å². The van der Waals surface area contributed by atoms with E-state index in [1.165, 1.54) is 22.5 Å². The van der Waals surface area contributed by atoms with Crippen molar-refractivity contribution in [1.82, 2.24) is 15.0 Å². The monoisotopic (exact) mass is 288 g/mol. The van der Waals surface area contributed by atoms with Gasteiger partial charge in [-0.25, -0.2) is 4.98 Å². The first kappa shape index (κ1) is 12.7. The molecule has 0 radical (unpaired) electrons. The molecular formula is C13H12N4O2S. The molecule has 2 heterocycles. The Labute approximate surface area is 119 Å². The Morgan fingerprint density at radius 2 is 2.10 bits per heavy atom. The highest BCUT2D eigenvalue weighted by Crippen LogP contribution is 2.20. The number of hydrogen-bond donors (Lipinski definition) is 2. The van der Waals surface area contributed by atoms with E-state index < -0.39 is 5.91 Å². The summed E-state index contributed by atoms with van der Waals surface area (Å²) in [6.07, 6.45) is 1.33. The van der Waals surface area contributed by atoms with Gasteiger partial charge in [0, 0.05) is 18.5 Å². The average molecular weight is 288 g/mol. The first-order valence-electron chi connectivity index (χ1n) is 6.10. The molecule has 1 aliphatic rings. The van der Waals surface area contributed by atoms with E-state index in [1.807, 2.05) is 30.3 Å². The summed E-state index contributed by atoms with van der Waals surface area (Å²) < 4.78 is 1.53. The summed E-state index contributed by atoms with van der Waals surface area (Å²) in [5, 5.41) is 0.669. The van der Waals surface area contributed by atoms with Crippen LogP contribution in [0.5, 0.6) is 0 Å². The number of carbonyl (C=O) groups excluding carboxylic acids is 1. The molecule has 0 spiro atoms. The summed E-state index contributed by atoms with van der Waals surface area (Å²) in [5.41, 5.74) is 5.74. The summed E-state index contributed by atoms with van der Waals surface area (Å²) in [4.78, 5) is 28.3. The van der Waals surface area contributed by atoms with Gasteiger partial charge in [-0.05, 0) is 12.1 Å². The van der Waals surface area contributed by atoms with Gasteiger partial charge in [0.15, 0.2) is 5.16 Å². The topological polar surface area (TPSA) is 76.0 Å². The Bertz CT molecular complexity index is 699. The summed E-state index contributed by atoms with van der Waals surface area (Å²) >= 11 is 1.52. The van der Waals surface area contributed by atoms with E-state index in [2.05, 4.69) is 15.8 Å². The molecular weight excluding hydrogens is 276 g/mol. The molecule has 1 amide bonds. The second-order valence-corrected chi connectivity index (χ2v) is 5.27. The number of nitrogens with one attached hydrogen (secondary N) is 2. The number of hydrogen-bond acceptors (Lipinski definition) is 5. The van der Waals surface area contributed by atoms with Crippen molar-refractivity contribution in [2.24, 2.45) is 0 Å². The molecule has 0 aliphatic carbocycles. The summed E-state index contributed by atoms with van der Waals surface area (Å²) in [6, 6.07) is 9.19. The zero-order chi connectivity index (χ0) is 13.9. The van der Waals surface area contributed by atoms with E-state index in [0.717, 1.165) is 11.4 Å². The van der Waals surface area contributed by atoms with Crippen LogP contribution < -0.4 is 16.4 Å². The number of aromatic nitrogens is 2. The van der Waals surface area contributed by atoms with Crippen molar-refractivity contribution < 1.29 is 4.79 Å². The number of fused-ring (bicyclic) bond motifs is 1. The van der Waals surface area contributed by atoms with Crippen molar-refractivity contribution >= 4 is 23.4 Å². The lowest BCUT2D eigenvalue weighted by Crippen LogP contribution is -2.36. The van der Waals surface area contributed by atoms with Crippen LogP contribution in [-0.4, -0.2) is 21.2 Å². The highest BCUT2D eigenvalue weighted by atomic mass is 32.2. The van der Waals surface area contributed by atoms with Crippen LogP contribution in [-0.2, 0) is 6.54 Å². The molecule has 0 bridgehead atoms. The first-order valence-corrected chi connectivity index (χ1v) is 7.08. The number of benzene rings is 1. The van der Waals surface area contributed by atoms with Gasteiger partial charge in [0.2, 0.25) is 0 Å². The van der Waals surface area contributed by atoms with Crippen LogP contribution in [0.3, 0.4) is 0 Å². The maximum atomic E-state index is 12.1. The fraction of sp³-hybridized carbons (Fsp3) is 0.154. The number of para-hydroxylation sites is 1. The number of nitrogens with zero attached hydrogens (tertiary/aromatic N) is 2. The van der Waals surface area contributed by atoms with Crippen molar-refractivity contribution in [3.8, 4) is 0 Å². The van der Waals surface area contributed by atoms with Gasteiger partial charge >= 0.3 is 0 Å². The fourth-order valence-electron chi connectivity index (χ4n) is 1.89. The lowest BCUT2D eigenvalue weighted by Gasteiger charge is -2.08. The normalized spacial score (nSPS) is 12.8. The predicted octanol–water partition coefficient (Wildman–Crippen LogP) is 1.11. The molecule has 20 heavy (non-hydrogen) atoms. The Kier molecular flexibility index (Phi) is 3.42. The fourth-order valence-corrected chi connectivity index (χ4v) is 2.80. The number of rotatable bonds is 3. The van der Waals surface area contributed by atoms with Crippen molar-refractivity contribution in [3.63, 3.8) is 0 Å². The van der Waals surface area contributed by atoms with Gasteiger partial charge < -0.3 is 0 Å². The highest BCUT2D eigenvalue weighted by Gasteiger charge is 2.19. The van der Waals surface area contributed by atoms with Crippen LogP contribution in [0.4, 0.5) is 5.69 Å². The number of thioether (sulfide) groups is 1. The Balaban J connectivity index is 1.77. The van der Waals surface area contributed by atoms with Crippen molar-refractivity contribution in [2.75, 3.05) is 11.2 Å². The third-order valence-corrected chi connectivity index (χ3v) is 3.87. The Morgan fingerprint density at radius 1 is 1.30 bits per heavy atom. The smallest absolute Gasteiger partial charge is 0.276 e.